The average molecular weight is 307 g/mol. The molecule has 112 valence electrons. The van der Waals surface area contributed by atoms with Crippen LogP contribution in [-0.2, 0) is 17.7 Å². The number of unbranched alkanes of at least 4 members (excludes halogenated alkanes) is 1. The third kappa shape index (κ3) is 4.33. The Kier molecular flexibility index (Phi) is 5.81. The van der Waals surface area contributed by atoms with Crippen molar-refractivity contribution < 1.29 is 9.53 Å². The van der Waals surface area contributed by atoms with Gasteiger partial charge in [-0.1, -0.05) is 12.1 Å². The zero-order valence-corrected chi connectivity index (χ0v) is 12.8. The second-order valence-corrected chi connectivity index (χ2v) is 5.23. The van der Waals surface area contributed by atoms with Crippen LogP contribution in [0.15, 0.2) is 36.8 Å². The van der Waals surface area contributed by atoms with E-state index in [-0.39, 0.29) is 5.97 Å². The summed E-state index contributed by atoms with van der Waals surface area (Å²) in [6.45, 7) is 0.695. The van der Waals surface area contributed by atoms with E-state index in [4.69, 9.17) is 16.3 Å². The number of ether oxygens (including phenoxy) is 1. The quantitative estimate of drug-likeness (QED) is 0.448. The van der Waals surface area contributed by atoms with E-state index >= 15 is 0 Å². The standard InChI is InChI=1S/C16H19ClN2O2/c1-21-16(20)14-6-4-5-13(9-14)11-19-12-18-10-15(19)7-2-3-8-17/h4-6,9-10,12H,2-3,7-8,11H2,1H3. The number of nitrogens with zero attached hydrogens (tertiary/aromatic N) is 2. The molecule has 0 N–H and O–H groups in total. The smallest absolute Gasteiger partial charge is 0.337 e. The molecule has 2 aromatic rings. The highest BCUT2D eigenvalue weighted by atomic mass is 35.5. The summed E-state index contributed by atoms with van der Waals surface area (Å²) in [5.74, 6) is 0.375. The number of aromatic nitrogens is 2. The fourth-order valence-corrected chi connectivity index (χ4v) is 2.40. The van der Waals surface area contributed by atoms with Gasteiger partial charge in [-0.2, -0.15) is 0 Å². The van der Waals surface area contributed by atoms with Gasteiger partial charge in [0.05, 0.1) is 19.0 Å². The van der Waals surface area contributed by atoms with Crippen LogP contribution in [0.5, 0.6) is 0 Å². The molecule has 0 atom stereocenters. The van der Waals surface area contributed by atoms with E-state index in [1.165, 1.54) is 12.8 Å². The summed E-state index contributed by atoms with van der Waals surface area (Å²) < 4.78 is 6.85. The molecule has 2 rings (SSSR count). The molecule has 0 bridgehead atoms. The number of rotatable bonds is 7. The van der Waals surface area contributed by atoms with Gasteiger partial charge in [-0.15, -0.1) is 11.6 Å². The van der Waals surface area contributed by atoms with E-state index in [2.05, 4.69) is 9.55 Å². The molecule has 21 heavy (non-hydrogen) atoms. The van der Waals surface area contributed by atoms with Gasteiger partial charge in [0.25, 0.3) is 0 Å². The Morgan fingerprint density at radius 3 is 3.00 bits per heavy atom. The Hall–Kier alpha value is -1.81. The zero-order chi connectivity index (χ0) is 15.1. The van der Waals surface area contributed by atoms with Crippen molar-refractivity contribution in [1.29, 1.82) is 0 Å². The second kappa shape index (κ2) is 7.84. The van der Waals surface area contributed by atoms with Crippen molar-refractivity contribution in [3.8, 4) is 0 Å². The Balaban J connectivity index is 2.08. The Labute approximate surface area is 129 Å². The number of aryl methyl sites for hydroxylation is 1. The molecular weight excluding hydrogens is 288 g/mol. The first kappa shape index (κ1) is 15.6. The molecule has 0 saturated heterocycles. The third-order valence-electron chi connectivity index (χ3n) is 3.32. The molecule has 4 nitrogen and oxygen atoms in total. The van der Waals surface area contributed by atoms with E-state index < -0.39 is 0 Å². The Bertz CT molecular complexity index is 595. The van der Waals surface area contributed by atoms with E-state index in [1.807, 2.05) is 30.7 Å². The molecule has 0 spiro atoms. The summed E-state index contributed by atoms with van der Waals surface area (Å²) in [6.07, 6.45) is 6.73. The maximum absolute atomic E-state index is 11.6. The summed E-state index contributed by atoms with van der Waals surface area (Å²) in [4.78, 5) is 15.8. The predicted octanol–water partition coefficient (Wildman–Crippen LogP) is 3.28. The van der Waals surface area contributed by atoms with Crippen LogP contribution >= 0.6 is 11.6 Å². The summed E-state index contributed by atoms with van der Waals surface area (Å²) in [7, 11) is 1.39. The first-order valence-corrected chi connectivity index (χ1v) is 7.50. The lowest BCUT2D eigenvalue weighted by atomic mass is 10.1. The van der Waals surface area contributed by atoms with Gasteiger partial charge in [0, 0.05) is 24.3 Å². The molecule has 0 aliphatic carbocycles. The monoisotopic (exact) mass is 306 g/mol. The molecule has 0 saturated carbocycles. The first-order chi connectivity index (χ1) is 10.2. The fraction of sp³-hybridized carbons (Fsp3) is 0.375. The highest BCUT2D eigenvalue weighted by molar-refractivity contribution is 6.17. The minimum Gasteiger partial charge on any atom is -0.465 e. The lowest BCUT2D eigenvalue weighted by molar-refractivity contribution is 0.0600. The van der Waals surface area contributed by atoms with Crippen molar-refractivity contribution in [3.63, 3.8) is 0 Å². The summed E-state index contributed by atoms with van der Waals surface area (Å²) in [5.41, 5.74) is 2.80. The van der Waals surface area contributed by atoms with E-state index in [1.54, 1.807) is 6.07 Å². The number of methoxy groups -OCH3 is 1. The average Bonchev–Trinajstić information content (AvgIpc) is 2.94. The normalized spacial score (nSPS) is 10.6. The Morgan fingerprint density at radius 1 is 1.38 bits per heavy atom. The van der Waals surface area contributed by atoms with Crippen LogP contribution in [0.3, 0.4) is 0 Å². The molecule has 0 radical (unpaired) electrons. The number of carbonyl (C=O) groups excluding carboxylic acids is 1. The van der Waals surface area contributed by atoms with Crippen molar-refractivity contribution in [2.75, 3.05) is 13.0 Å². The summed E-state index contributed by atoms with van der Waals surface area (Å²) in [6, 6.07) is 7.47. The maximum Gasteiger partial charge on any atom is 0.337 e. The minimum atomic E-state index is -0.315. The van der Waals surface area contributed by atoms with E-state index in [0.717, 1.165) is 24.8 Å². The van der Waals surface area contributed by atoms with Crippen LogP contribution in [0.25, 0.3) is 0 Å². The number of esters is 1. The van der Waals surface area contributed by atoms with Gasteiger partial charge in [0.2, 0.25) is 0 Å². The number of carbonyl (C=O) groups is 1. The third-order valence-corrected chi connectivity index (χ3v) is 3.58. The maximum atomic E-state index is 11.6. The summed E-state index contributed by atoms with van der Waals surface area (Å²) in [5, 5.41) is 0. The number of alkyl halides is 1. The van der Waals surface area contributed by atoms with Gasteiger partial charge in [0.1, 0.15) is 0 Å². The SMILES string of the molecule is COC(=O)c1cccc(Cn2cncc2CCCCCl)c1. The van der Waals surface area contributed by atoms with Crippen LogP contribution < -0.4 is 0 Å². The van der Waals surface area contributed by atoms with Crippen molar-refractivity contribution in [2.24, 2.45) is 0 Å². The van der Waals surface area contributed by atoms with E-state index in [0.29, 0.717) is 18.0 Å². The lowest BCUT2D eigenvalue weighted by Crippen LogP contribution is -2.06. The zero-order valence-electron chi connectivity index (χ0n) is 12.1. The van der Waals surface area contributed by atoms with Crippen LogP contribution in [-0.4, -0.2) is 28.5 Å². The molecule has 0 unspecified atom stereocenters. The number of benzene rings is 1. The van der Waals surface area contributed by atoms with Crippen molar-refractivity contribution in [1.82, 2.24) is 9.55 Å². The molecule has 0 amide bonds. The van der Waals surface area contributed by atoms with Gasteiger partial charge in [0.15, 0.2) is 0 Å². The molecule has 5 heteroatoms. The van der Waals surface area contributed by atoms with Gasteiger partial charge >= 0.3 is 5.97 Å². The number of hydrogen-bond acceptors (Lipinski definition) is 3. The first-order valence-electron chi connectivity index (χ1n) is 6.97. The van der Waals surface area contributed by atoms with Crippen LogP contribution in [0.2, 0.25) is 0 Å². The number of imidazole rings is 1. The van der Waals surface area contributed by atoms with Crippen LogP contribution in [0, 0.1) is 0 Å². The summed E-state index contributed by atoms with van der Waals surface area (Å²) >= 11 is 5.71. The molecule has 0 aliphatic heterocycles. The number of hydrogen-bond donors (Lipinski definition) is 0. The van der Waals surface area contributed by atoms with Gasteiger partial charge in [-0.25, -0.2) is 9.78 Å². The highest BCUT2D eigenvalue weighted by Crippen LogP contribution is 2.12. The van der Waals surface area contributed by atoms with Gasteiger partial charge in [-0.05, 0) is 37.0 Å². The Morgan fingerprint density at radius 2 is 2.24 bits per heavy atom. The lowest BCUT2D eigenvalue weighted by Gasteiger charge is -2.09. The molecule has 1 aromatic carbocycles. The van der Waals surface area contributed by atoms with Crippen molar-refractivity contribution in [2.45, 2.75) is 25.8 Å². The second-order valence-electron chi connectivity index (χ2n) is 4.85. The van der Waals surface area contributed by atoms with E-state index in [9.17, 15) is 4.79 Å². The van der Waals surface area contributed by atoms with Gasteiger partial charge < -0.3 is 9.30 Å². The van der Waals surface area contributed by atoms with Crippen LogP contribution in [0.4, 0.5) is 0 Å². The topological polar surface area (TPSA) is 44.1 Å². The minimum absolute atomic E-state index is 0.315. The number of halogens is 1. The molecular formula is C16H19ClN2O2. The van der Waals surface area contributed by atoms with Gasteiger partial charge in [-0.3, -0.25) is 0 Å². The largest absolute Gasteiger partial charge is 0.465 e. The molecule has 0 fully saturated rings. The van der Waals surface area contributed by atoms with Crippen molar-refractivity contribution >= 4 is 17.6 Å². The van der Waals surface area contributed by atoms with Crippen molar-refractivity contribution in [3.05, 3.63) is 53.6 Å². The molecule has 1 aromatic heterocycles. The molecule has 1 heterocycles. The highest BCUT2D eigenvalue weighted by Gasteiger charge is 2.07. The fourth-order valence-electron chi connectivity index (χ4n) is 2.21. The van der Waals surface area contributed by atoms with Crippen LogP contribution in [0.1, 0.15) is 34.5 Å². The predicted molar refractivity (Wildman–Crippen MR) is 82.8 cm³/mol. The molecule has 0 aliphatic rings.